The van der Waals surface area contributed by atoms with Gasteiger partial charge in [0.25, 0.3) is 14.8 Å². The van der Waals surface area contributed by atoms with E-state index in [9.17, 15) is 13.2 Å². The van der Waals surface area contributed by atoms with Crippen LogP contribution in [0.15, 0.2) is 58.2 Å². The van der Waals surface area contributed by atoms with Gasteiger partial charge in [-0.25, -0.2) is 8.42 Å². The lowest BCUT2D eigenvalue weighted by Crippen LogP contribution is -2.19. The largest absolute Gasteiger partial charge is 0.497 e. The van der Waals surface area contributed by atoms with E-state index in [1.54, 1.807) is 42.5 Å². The number of nitrogens with one attached hydrogen (secondary N) is 1. The molecule has 2 aromatic carbocycles. The molecule has 0 aliphatic carbocycles. The number of ether oxygens (including phenoxy) is 1. The first-order valence-electron chi connectivity index (χ1n) is 6.79. The van der Waals surface area contributed by atoms with E-state index < -0.39 is 14.8 Å². The maximum Gasteiger partial charge on any atom is 0.266 e. The predicted molar refractivity (Wildman–Crippen MR) is 96.9 cm³/mol. The van der Waals surface area contributed by atoms with Crippen molar-refractivity contribution in [3.63, 3.8) is 0 Å². The van der Waals surface area contributed by atoms with Crippen LogP contribution in [0.25, 0.3) is 10.1 Å². The molecule has 8 heteroatoms. The third kappa shape index (κ3) is 3.38. The summed E-state index contributed by atoms with van der Waals surface area (Å²) in [6.07, 6.45) is 0. The second-order valence-electron chi connectivity index (χ2n) is 4.91. The molecule has 24 heavy (non-hydrogen) atoms. The van der Waals surface area contributed by atoms with Gasteiger partial charge in [0.1, 0.15) is 10.6 Å². The molecule has 3 aromatic rings. The molecular formula is C16H12ClNO4S2. The first-order valence-corrected chi connectivity index (χ1v) is 9.47. The van der Waals surface area contributed by atoms with Crippen LogP contribution in [0.4, 0.5) is 5.69 Å². The van der Waals surface area contributed by atoms with E-state index in [1.165, 1.54) is 13.2 Å². The molecule has 0 aliphatic heterocycles. The van der Waals surface area contributed by atoms with Crippen LogP contribution < -0.4 is 14.2 Å². The minimum absolute atomic E-state index is 0.307. The summed E-state index contributed by atoms with van der Waals surface area (Å²) in [6, 6.07) is 12.7. The first kappa shape index (κ1) is 16.8. The molecule has 0 saturated heterocycles. The molecule has 0 fully saturated rings. The molecule has 0 radical (unpaired) electrons. The highest BCUT2D eigenvalue weighted by Crippen LogP contribution is 2.24. The van der Waals surface area contributed by atoms with E-state index in [0.29, 0.717) is 26.5 Å². The van der Waals surface area contributed by atoms with Gasteiger partial charge >= 0.3 is 0 Å². The van der Waals surface area contributed by atoms with Gasteiger partial charge in [0, 0.05) is 15.4 Å². The number of benzene rings is 2. The fourth-order valence-corrected chi connectivity index (χ4v) is 4.56. The fourth-order valence-electron chi connectivity index (χ4n) is 2.13. The zero-order chi connectivity index (χ0) is 17.3. The molecule has 5 nitrogen and oxygen atoms in total. The quantitative estimate of drug-likeness (QED) is 0.747. The molecule has 1 N–H and O–H groups in total. The molecule has 124 valence electrons. The van der Waals surface area contributed by atoms with Gasteiger partial charge in [0.2, 0.25) is 0 Å². The van der Waals surface area contributed by atoms with E-state index in [0.717, 1.165) is 11.3 Å². The van der Waals surface area contributed by atoms with Crippen LogP contribution >= 0.6 is 22.9 Å². The summed E-state index contributed by atoms with van der Waals surface area (Å²) in [5, 5.41) is 1.07. The summed E-state index contributed by atoms with van der Waals surface area (Å²) in [6.45, 7) is 0. The van der Waals surface area contributed by atoms with E-state index >= 15 is 0 Å². The van der Waals surface area contributed by atoms with Crippen molar-refractivity contribution in [2.75, 3.05) is 11.8 Å². The Kier molecular flexibility index (Phi) is 4.49. The molecule has 0 amide bonds. The molecule has 1 heterocycles. The number of fused-ring (bicyclic) bond motifs is 1. The standard InChI is InChI=1S/C16H12ClNO4S2/c1-22-13-5-3-12(4-6-13)18-24(20,21)15-9-10-8-11(17)2-7-14(10)23-16(15)19/h2-9,18H,1H3. The van der Waals surface area contributed by atoms with Crippen LogP contribution in [-0.2, 0) is 10.0 Å². The molecule has 0 aliphatic rings. The summed E-state index contributed by atoms with van der Waals surface area (Å²) in [4.78, 5) is 11.9. The van der Waals surface area contributed by atoms with Gasteiger partial charge in [-0.2, -0.15) is 0 Å². The van der Waals surface area contributed by atoms with Gasteiger partial charge in [-0.15, -0.1) is 0 Å². The van der Waals surface area contributed by atoms with Crippen molar-refractivity contribution >= 4 is 48.7 Å². The fraction of sp³-hybridized carbons (Fsp3) is 0.0625. The second-order valence-corrected chi connectivity index (χ2v) is 8.02. The zero-order valence-electron chi connectivity index (χ0n) is 12.4. The van der Waals surface area contributed by atoms with Crippen molar-refractivity contribution in [1.29, 1.82) is 0 Å². The van der Waals surface area contributed by atoms with E-state index in [4.69, 9.17) is 16.3 Å². The monoisotopic (exact) mass is 381 g/mol. The molecule has 0 unspecified atom stereocenters. The average Bonchev–Trinajstić information content (AvgIpc) is 2.55. The summed E-state index contributed by atoms with van der Waals surface area (Å²) < 4.78 is 32.6. The average molecular weight is 382 g/mol. The molecule has 1 aromatic heterocycles. The minimum atomic E-state index is -4.00. The maximum absolute atomic E-state index is 12.5. The Morgan fingerprint density at radius 2 is 1.79 bits per heavy atom. The molecule has 3 rings (SSSR count). The SMILES string of the molecule is COc1ccc(NS(=O)(=O)c2cc3cc(Cl)ccc3sc2=O)cc1. The summed E-state index contributed by atoms with van der Waals surface area (Å²) in [5.41, 5.74) is 0.339. The van der Waals surface area contributed by atoms with Gasteiger partial charge in [-0.3, -0.25) is 9.52 Å². The molecule has 0 saturated carbocycles. The van der Waals surface area contributed by atoms with E-state index in [-0.39, 0.29) is 4.90 Å². The number of rotatable bonds is 4. The second kappa shape index (κ2) is 6.43. The number of sulfonamides is 1. The van der Waals surface area contributed by atoms with Crippen molar-refractivity contribution in [2.45, 2.75) is 4.90 Å². The highest BCUT2D eigenvalue weighted by atomic mass is 35.5. The van der Waals surface area contributed by atoms with Crippen molar-refractivity contribution < 1.29 is 13.2 Å². The van der Waals surface area contributed by atoms with Gasteiger partial charge < -0.3 is 4.74 Å². The van der Waals surface area contributed by atoms with Gasteiger partial charge in [0.15, 0.2) is 0 Å². The Hall–Kier alpha value is -2.09. The number of hydrogen-bond acceptors (Lipinski definition) is 5. The number of halogens is 1. The molecule has 0 atom stereocenters. The lowest BCUT2D eigenvalue weighted by molar-refractivity contribution is 0.415. The van der Waals surface area contributed by atoms with Crippen LogP contribution in [-0.4, -0.2) is 15.5 Å². The molecule has 0 bridgehead atoms. The Morgan fingerprint density at radius 1 is 1.08 bits per heavy atom. The third-order valence-corrected chi connectivity index (χ3v) is 6.04. The van der Waals surface area contributed by atoms with Crippen molar-refractivity contribution in [1.82, 2.24) is 0 Å². The van der Waals surface area contributed by atoms with Crippen molar-refractivity contribution in [3.05, 3.63) is 63.1 Å². The van der Waals surface area contributed by atoms with Gasteiger partial charge in [-0.05, 0) is 53.9 Å². The smallest absolute Gasteiger partial charge is 0.266 e. The summed E-state index contributed by atoms with van der Waals surface area (Å²) in [5.74, 6) is 0.602. The maximum atomic E-state index is 12.5. The number of anilines is 1. The summed E-state index contributed by atoms with van der Waals surface area (Å²) >= 11 is 6.80. The highest BCUT2D eigenvalue weighted by molar-refractivity contribution is 7.92. The Morgan fingerprint density at radius 3 is 2.46 bits per heavy atom. The Labute approximate surface area is 147 Å². The predicted octanol–water partition coefficient (Wildman–Crippen LogP) is 3.72. The van der Waals surface area contributed by atoms with E-state index in [1.807, 2.05) is 0 Å². The third-order valence-electron chi connectivity index (χ3n) is 3.29. The lowest BCUT2D eigenvalue weighted by atomic mass is 10.2. The Bertz CT molecular complexity index is 1060. The first-order chi connectivity index (χ1) is 11.4. The zero-order valence-corrected chi connectivity index (χ0v) is 14.8. The normalized spacial score (nSPS) is 11.4. The summed E-state index contributed by atoms with van der Waals surface area (Å²) in [7, 11) is -2.49. The van der Waals surface area contributed by atoms with Gasteiger partial charge in [-0.1, -0.05) is 22.9 Å². The minimum Gasteiger partial charge on any atom is -0.497 e. The van der Waals surface area contributed by atoms with Crippen molar-refractivity contribution in [3.8, 4) is 5.75 Å². The Balaban J connectivity index is 2.03. The van der Waals surface area contributed by atoms with Crippen LogP contribution in [0, 0.1) is 0 Å². The lowest BCUT2D eigenvalue weighted by Gasteiger charge is -2.09. The highest BCUT2D eigenvalue weighted by Gasteiger charge is 2.19. The van der Waals surface area contributed by atoms with E-state index in [2.05, 4.69) is 4.72 Å². The van der Waals surface area contributed by atoms with Crippen LogP contribution in [0.2, 0.25) is 5.02 Å². The topological polar surface area (TPSA) is 72.5 Å². The van der Waals surface area contributed by atoms with Crippen molar-refractivity contribution in [2.24, 2.45) is 0 Å². The number of hydrogen-bond donors (Lipinski definition) is 1. The van der Waals surface area contributed by atoms with Crippen LogP contribution in [0.1, 0.15) is 0 Å². The molecule has 0 spiro atoms. The number of methoxy groups -OCH3 is 1. The van der Waals surface area contributed by atoms with Gasteiger partial charge in [0.05, 0.1) is 7.11 Å². The molecular weight excluding hydrogens is 370 g/mol. The van der Waals surface area contributed by atoms with Crippen LogP contribution in [0.5, 0.6) is 5.75 Å². The van der Waals surface area contributed by atoms with Crippen LogP contribution in [0.3, 0.4) is 0 Å².